The third-order valence-corrected chi connectivity index (χ3v) is 15.8. The van der Waals surface area contributed by atoms with Crippen molar-refractivity contribution < 1.29 is 7.53 Å². The van der Waals surface area contributed by atoms with Gasteiger partial charge in [-0.2, -0.15) is 0 Å². The fraction of sp³-hybridized carbons (Fsp3) is 1.00. The zero-order valence-corrected chi connectivity index (χ0v) is 13.9. The minimum atomic E-state index is -2.69. The summed E-state index contributed by atoms with van der Waals surface area (Å²) in [7, 11) is 3.76. The van der Waals surface area contributed by atoms with Gasteiger partial charge in [-0.3, -0.25) is 0 Å². The maximum atomic E-state index is 6.06. The Morgan fingerprint density at radius 3 is 1.81 bits per heavy atom. The van der Waals surface area contributed by atoms with Crippen LogP contribution in [0.25, 0.3) is 0 Å². The fourth-order valence-electron chi connectivity index (χ4n) is 3.18. The van der Waals surface area contributed by atoms with Crippen molar-refractivity contribution in [3.8, 4) is 0 Å². The summed E-state index contributed by atoms with van der Waals surface area (Å²) in [6.45, 7) is 9.30. The van der Waals surface area contributed by atoms with E-state index in [-0.39, 0.29) is 4.25 Å². The van der Waals surface area contributed by atoms with Gasteiger partial charge < -0.3 is 0 Å². The Morgan fingerprint density at radius 2 is 1.50 bits per heavy atom. The predicted octanol–water partition coefficient (Wildman–Crippen LogP) is 4.10. The summed E-state index contributed by atoms with van der Waals surface area (Å²) >= 11 is -2.69. The van der Waals surface area contributed by atoms with E-state index in [0.717, 1.165) is 4.75 Å². The monoisotopic (exact) mass is 290 g/mol. The molecule has 16 heavy (non-hydrogen) atoms. The van der Waals surface area contributed by atoms with Gasteiger partial charge in [0.1, 0.15) is 0 Å². The van der Waals surface area contributed by atoms with Crippen LogP contribution in [0.2, 0.25) is 9.00 Å². The second-order valence-electron chi connectivity index (χ2n) is 5.93. The van der Waals surface area contributed by atoms with E-state index in [1.807, 2.05) is 14.2 Å². The molecule has 1 saturated carbocycles. The Labute approximate surface area is 104 Å². The van der Waals surface area contributed by atoms with E-state index in [4.69, 9.17) is 7.53 Å². The van der Waals surface area contributed by atoms with E-state index in [0.29, 0.717) is 5.92 Å². The molecular weight excluding hydrogens is 261 g/mol. The van der Waals surface area contributed by atoms with E-state index in [1.165, 1.54) is 25.7 Å². The molecule has 0 N–H and O–H groups in total. The van der Waals surface area contributed by atoms with E-state index in [2.05, 4.69) is 27.7 Å². The molecule has 0 radical (unpaired) electrons. The molecule has 0 aromatic heterocycles. The molecule has 3 heteroatoms. The first-order valence-electron chi connectivity index (χ1n) is 6.52. The second-order valence-corrected chi connectivity index (χ2v) is 14.9. The summed E-state index contributed by atoms with van der Waals surface area (Å²) in [5.41, 5.74) is 0. The summed E-state index contributed by atoms with van der Waals surface area (Å²) in [5.74, 6) is 0.619. The topological polar surface area (TPSA) is 18.5 Å². The first kappa shape index (κ1) is 14.5. The molecule has 1 aliphatic rings. The van der Waals surface area contributed by atoms with E-state index in [1.54, 1.807) is 0 Å². The molecule has 0 saturated heterocycles. The van der Waals surface area contributed by atoms with Gasteiger partial charge in [-0.1, -0.05) is 0 Å². The Hall–Kier alpha value is 0.463. The van der Waals surface area contributed by atoms with E-state index >= 15 is 0 Å². The zero-order chi connectivity index (χ0) is 12.4. The molecule has 0 spiro atoms. The van der Waals surface area contributed by atoms with Crippen LogP contribution in [0, 0.1) is 5.92 Å². The number of hydrogen-bond donors (Lipinski definition) is 0. The van der Waals surface area contributed by atoms with Crippen molar-refractivity contribution in [3.63, 3.8) is 0 Å². The first-order valence-corrected chi connectivity index (χ1v) is 10.5. The molecular formula is C13H28GeO2. The summed E-state index contributed by atoms with van der Waals surface area (Å²) in [6, 6.07) is 0. The second kappa shape index (κ2) is 5.40. The van der Waals surface area contributed by atoms with Crippen LogP contribution < -0.4 is 0 Å². The molecule has 0 unspecified atom stereocenters. The quantitative estimate of drug-likeness (QED) is 0.709. The van der Waals surface area contributed by atoms with Crippen molar-refractivity contribution in [2.45, 2.75) is 62.4 Å². The Bertz CT molecular complexity index is 216. The van der Waals surface area contributed by atoms with Gasteiger partial charge in [0.2, 0.25) is 0 Å². The molecule has 0 amide bonds. The molecule has 1 fully saturated rings. The van der Waals surface area contributed by atoms with Gasteiger partial charge in [-0.25, -0.2) is 0 Å². The summed E-state index contributed by atoms with van der Waals surface area (Å²) in [6.07, 6.45) is 5.35. The maximum absolute atomic E-state index is 6.06. The predicted molar refractivity (Wildman–Crippen MR) is 70.9 cm³/mol. The van der Waals surface area contributed by atoms with Crippen molar-refractivity contribution >= 4 is 13.9 Å². The van der Waals surface area contributed by atoms with Crippen molar-refractivity contribution in [1.82, 2.24) is 0 Å². The molecule has 1 rings (SSSR count). The number of hydrogen-bond acceptors (Lipinski definition) is 2. The van der Waals surface area contributed by atoms with Gasteiger partial charge in [0.25, 0.3) is 0 Å². The Kier molecular flexibility index (Phi) is 4.91. The molecule has 2 nitrogen and oxygen atoms in total. The van der Waals surface area contributed by atoms with E-state index in [9.17, 15) is 0 Å². The van der Waals surface area contributed by atoms with Crippen LogP contribution in [-0.2, 0) is 7.53 Å². The van der Waals surface area contributed by atoms with Gasteiger partial charge in [-0.05, 0) is 0 Å². The molecule has 0 atom stereocenters. The molecule has 0 aromatic carbocycles. The first-order chi connectivity index (χ1) is 7.42. The van der Waals surface area contributed by atoms with Crippen LogP contribution in [0.15, 0.2) is 0 Å². The standard InChI is InChI=1S/C13H28GeO2/c1-11(2)13(3,4)14(15-5,16-6)12-9-7-8-10-12/h11-12H,7-10H2,1-6H3. The molecule has 0 aliphatic heterocycles. The van der Waals surface area contributed by atoms with Crippen LogP contribution >= 0.6 is 0 Å². The Balaban J connectivity index is 3.03. The van der Waals surface area contributed by atoms with Crippen LogP contribution in [0.1, 0.15) is 53.4 Å². The molecule has 0 bridgehead atoms. The summed E-state index contributed by atoms with van der Waals surface area (Å²) < 4.78 is 13.1. The number of rotatable bonds is 5. The summed E-state index contributed by atoms with van der Waals surface area (Å²) in [4.78, 5) is 0. The molecule has 1 aliphatic carbocycles. The van der Waals surface area contributed by atoms with E-state index < -0.39 is 13.9 Å². The fourth-order valence-corrected chi connectivity index (χ4v) is 13.5. The minimum absolute atomic E-state index is 0.221. The van der Waals surface area contributed by atoms with Gasteiger partial charge >= 0.3 is 104 Å². The van der Waals surface area contributed by atoms with Crippen LogP contribution in [-0.4, -0.2) is 28.2 Å². The Morgan fingerprint density at radius 1 is 1.06 bits per heavy atom. The zero-order valence-electron chi connectivity index (χ0n) is 11.8. The third kappa shape index (κ3) is 2.21. The normalized spacial score (nSPS) is 19.7. The molecule has 0 aromatic rings. The average molecular weight is 289 g/mol. The van der Waals surface area contributed by atoms with Crippen LogP contribution in [0.5, 0.6) is 0 Å². The molecule has 96 valence electrons. The van der Waals surface area contributed by atoms with Crippen LogP contribution in [0.3, 0.4) is 0 Å². The van der Waals surface area contributed by atoms with Gasteiger partial charge in [0.15, 0.2) is 0 Å². The van der Waals surface area contributed by atoms with Crippen LogP contribution in [0.4, 0.5) is 0 Å². The average Bonchev–Trinajstić information content (AvgIpc) is 2.73. The SMILES string of the molecule is C[O][Ge]([O]C)([CH]1CCCC1)[C](C)(C)C(C)C. The third-order valence-electron chi connectivity index (χ3n) is 4.84. The van der Waals surface area contributed by atoms with Crippen molar-refractivity contribution in [2.24, 2.45) is 5.92 Å². The van der Waals surface area contributed by atoms with Gasteiger partial charge in [0, 0.05) is 0 Å². The van der Waals surface area contributed by atoms with Crippen molar-refractivity contribution in [2.75, 3.05) is 14.2 Å². The van der Waals surface area contributed by atoms with Crippen molar-refractivity contribution in [1.29, 1.82) is 0 Å². The summed E-state index contributed by atoms with van der Waals surface area (Å²) in [5, 5.41) is 0. The van der Waals surface area contributed by atoms with Gasteiger partial charge in [-0.15, -0.1) is 0 Å². The van der Waals surface area contributed by atoms with Crippen molar-refractivity contribution in [3.05, 3.63) is 0 Å². The van der Waals surface area contributed by atoms with Gasteiger partial charge in [0.05, 0.1) is 0 Å². The molecule has 0 heterocycles.